The van der Waals surface area contributed by atoms with Gasteiger partial charge in [0.1, 0.15) is 0 Å². The Kier molecular flexibility index (Phi) is 2.70. The SMILES string of the molecule is NC(=O)CC#Cc1cccc2sccc12. The van der Waals surface area contributed by atoms with Gasteiger partial charge in [-0.05, 0) is 23.6 Å². The summed E-state index contributed by atoms with van der Waals surface area (Å²) in [5.41, 5.74) is 5.96. The van der Waals surface area contributed by atoms with Crippen LogP contribution < -0.4 is 5.73 Å². The summed E-state index contributed by atoms with van der Waals surface area (Å²) in [6.07, 6.45) is 0.112. The summed E-state index contributed by atoms with van der Waals surface area (Å²) >= 11 is 1.68. The quantitative estimate of drug-likeness (QED) is 0.727. The molecule has 2 nitrogen and oxygen atoms in total. The van der Waals surface area contributed by atoms with E-state index in [1.54, 1.807) is 11.3 Å². The Morgan fingerprint density at radius 2 is 2.27 bits per heavy atom. The number of hydrogen-bond donors (Lipinski definition) is 1. The molecule has 1 aromatic heterocycles. The first-order chi connectivity index (χ1) is 7.27. The molecule has 0 saturated heterocycles. The fourth-order valence-electron chi connectivity index (χ4n) is 1.33. The van der Waals surface area contributed by atoms with Gasteiger partial charge in [-0.2, -0.15) is 0 Å². The normalized spacial score (nSPS) is 9.60. The number of rotatable bonds is 1. The first-order valence-electron chi connectivity index (χ1n) is 4.51. The lowest BCUT2D eigenvalue weighted by atomic mass is 10.1. The molecule has 0 aliphatic heterocycles. The van der Waals surface area contributed by atoms with E-state index >= 15 is 0 Å². The fourth-order valence-corrected chi connectivity index (χ4v) is 2.14. The summed E-state index contributed by atoms with van der Waals surface area (Å²) in [4.78, 5) is 10.5. The maximum Gasteiger partial charge on any atom is 0.229 e. The molecule has 15 heavy (non-hydrogen) atoms. The number of carbonyl (C=O) groups is 1. The molecule has 0 aliphatic rings. The molecule has 0 atom stereocenters. The number of hydrogen-bond acceptors (Lipinski definition) is 2. The lowest BCUT2D eigenvalue weighted by Gasteiger charge is -1.92. The molecule has 74 valence electrons. The highest BCUT2D eigenvalue weighted by atomic mass is 32.1. The Morgan fingerprint density at radius 3 is 3.07 bits per heavy atom. The van der Waals surface area contributed by atoms with Crippen LogP contribution in [0.3, 0.4) is 0 Å². The molecule has 0 aliphatic carbocycles. The van der Waals surface area contributed by atoms with Gasteiger partial charge in [0.25, 0.3) is 0 Å². The van der Waals surface area contributed by atoms with Crippen molar-refractivity contribution in [1.29, 1.82) is 0 Å². The van der Waals surface area contributed by atoms with Crippen molar-refractivity contribution in [3.05, 3.63) is 35.2 Å². The van der Waals surface area contributed by atoms with Crippen molar-refractivity contribution < 1.29 is 4.79 Å². The van der Waals surface area contributed by atoms with Crippen LogP contribution in [0.1, 0.15) is 12.0 Å². The second-order valence-electron chi connectivity index (χ2n) is 3.08. The predicted octanol–water partition coefficient (Wildman–Crippen LogP) is 2.13. The molecule has 1 aromatic carbocycles. The van der Waals surface area contributed by atoms with E-state index in [0.717, 1.165) is 10.9 Å². The third-order valence-corrected chi connectivity index (χ3v) is 2.86. The van der Waals surface area contributed by atoms with Gasteiger partial charge in [-0.15, -0.1) is 11.3 Å². The summed E-state index contributed by atoms with van der Waals surface area (Å²) in [5, 5.41) is 3.17. The van der Waals surface area contributed by atoms with Crippen LogP contribution in [0.2, 0.25) is 0 Å². The summed E-state index contributed by atoms with van der Waals surface area (Å²) < 4.78 is 1.21. The van der Waals surface area contributed by atoms with Gasteiger partial charge in [0.2, 0.25) is 5.91 Å². The Bertz CT molecular complexity index is 559. The highest BCUT2D eigenvalue weighted by Gasteiger charge is 1.98. The monoisotopic (exact) mass is 215 g/mol. The van der Waals surface area contributed by atoms with Crippen molar-refractivity contribution in [2.45, 2.75) is 6.42 Å². The van der Waals surface area contributed by atoms with E-state index in [4.69, 9.17) is 5.73 Å². The van der Waals surface area contributed by atoms with Gasteiger partial charge in [-0.25, -0.2) is 0 Å². The van der Waals surface area contributed by atoms with Gasteiger partial charge < -0.3 is 5.73 Å². The van der Waals surface area contributed by atoms with Gasteiger partial charge in [0, 0.05) is 15.6 Å². The Morgan fingerprint density at radius 1 is 1.40 bits per heavy atom. The van der Waals surface area contributed by atoms with E-state index in [0.29, 0.717) is 0 Å². The largest absolute Gasteiger partial charge is 0.369 e. The van der Waals surface area contributed by atoms with Crippen molar-refractivity contribution in [2.24, 2.45) is 5.73 Å². The summed E-state index contributed by atoms with van der Waals surface area (Å²) in [5.74, 6) is 5.34. The van der Waals surface area contributed by atoms with Gasteiger partial charge in [-0.3, -0.25) is 4.79 Å². The Hall–Kier alpha value is -1.79. The number of primary amides is 1. The van der Waals surface area contributed by atoms with E-state index < -0.39 is 0 Å². The third-order valence-electron chi connectivity index (χ3n) is 1.98. The molecule has 0 bridgehead atoms. The van der Waals surface area contributed by atoms with Crippen LogP contribution in [-0.4, -0.2) is 5.91 Å². The van der Waals surface area contributed by atoms with Crippen LogP contribution in [-0.2, 0) is 4.79 Å². The van der Waals surface area contributed by atoms with Crippen LogP contribution in [0.4, 0.5) is 0 Å². The van der Waals surface area contributed by atoms with Crippen molar-refractivity contribution >= 4 is 27.3 Å². The maximum absolute atomic E-state index is 10.5. The summed E-state index contributed by atoms with van der Waals surface area (Å²) in [7, 11) is 0. The molecule has 0 saturated carbocycles. The number of carbonyl (C=O) groups excluding carboxylic acids is 1. The van der Waals surface area contributed by atoms with Crippen LogP contribution in [0.25, 0.3) is 10.1 Å². The van der Waals surface area contributed by atoms with Gasteiger partial charge >= 0.3 is 0 Å². The molecule has 2 rings (SSSR count). The van der Waals surface area contributed by atoms with E-state index in [-0.39, 0.29) is 12.3 Å². The first-order valence-corrected chi connectivity index (χ1v) is 5.39. The standard InChI is InChI=1S/C12H9NOS/c13-12(14)6-2-4-9-3-1-5-11-10(9)7-8-15-11/h1,3,5,7-8H,6H2,(H2,13,14). The molecule has 3 heteroatoms. The Balaban J connectivity index is 2.37. The van der Waals surface area contributed by atoms with Crippen LogP contribution >= 0.6 is 11.3 Å². The lowest BCUT2D eigenvalue weighted by molar-refractivity contribution is -0.117. The number of fused-ring (bicyclic) bond motifs is 1. The van der Waals surface area contributed by atoms with E-state index in [1.165, 1.54) is 4.70 Å². The number of benzene rings is 1. The second-order valence-corrected chi connectivity index (χ2v) is 4.03. The zero-order valence-electron chi connectivity index (χ0n) is 7.99. The summed E-state index contributed by atoms with van der Waals surface area (Å²) in [6, 6.07) is 8.00. The molecule has 2 N–H and O–H groups in total. The fraction of sp³-hybridized carbons (Fsp3) is 0.0833. The van der Waals surface area contributed by atoms with Crippen LogP contribution in [0, 0.1) is 11.8 Å². The number of thiophene rings is 1. The predicted molar refractivity (Wildman–Crippen MR) is 62.5 cm³/mol. The minimum Gasteiger partial charge on any atom is -0.369 e. The highest BCUT2D eigenvalue weighted by molar-refractivity contribution is 7.17. The minimum absolute atomic E-state index is 0.112. The maximum atomic E-state index is 10.5. The lowest BCUT2D eigenvalue weighted by Crippen LogP contribution is -2.08. The zero-order valence-corrected chi connectivity index (χ0v) is 8.80. The molecule has 0 radical (unpaired) electrons. The second kappa shape index (κ2) is 4.16. The van der Waals surface area contributed by atoms with Gasteiger partial charge in [0.15, 0.2) is 0 Å². The molecule has 0 fully saturated rings. The van der Waals surface area contributed by atoms with Crippen LogP contribution in [0.15, 0.2) is 29.6 Å². The number of amides is 1. The van der Waals surface area contributed by atoms with Crippen molar-refractivity contribution in [1.82, 2.24) is 0 Å². The molecule has 1 heterocycles. The smallest absolute Gasteiger partial charge is 0.229 e. The molecular weight excluding hydrogens is 206 g/mol. The van der Waals surface area contributed by atoms with Gasteiger partial charge in [0.05, 0.1) is 6.42 Å². The third kappa shape index (κ3) is 2.17. The van der Waals surface area contributed by atoms with Crippen LogP contribution in [0.5, 0.6) is 0 Å². The topological polar surface area (TPSA) is 43.1 Å². The average Bonchev–Trinajstić information content (AvgIpc) is 2.65. The highest BCUT2D eigenvalue weighted by Crippen LogP contribution is 2.23. The van der Waals surface area contributed by atoms with E-state index in [9.17, 15) is 4.79 Å². The molecule has 1 amide bonds. The first kappa shape index (κ1) is 9.75. The molecule has 0 unspecified atom stereocenters. The molecular formula is C12H9NOS. The average molecular weight is 215 g/mol. The molecule has 2 aromatic rings. The number of nitrogens with two attached hydrogens (primary N) is 1. The summed E-state index contributed by atoms with van der Waals surface area (Å²) in [6.45, 7) is 0. The van der Waals surface area contributed by atoms with Gasteiger partial charge in [-0.1, -0.05) is 17.9 Å². The van der Waals surface area contributed by atoms with E-state index in [2.05, 4.69) is 17.9 Å². The zero-order chi connectivity index (χ0) is 10.7. The Labute approximate surface area is 91.7 Å². The van der Waals surface area contributed by atoms with Crippen molar-refractivity contribution in [2.75, 3.05) is 0 Å². The van der Waals surface area contributed by atoms with E-state index in [1.807, 2.05) is 23.6 Å². The molecule has 0 spiro atoms. The minimum atomic E-state index is -0.389. The van der Waals surface area contributed by atoms with Crippen molar-refractivity contribution in [3.63, 3.8) is 0 Å². The van der Waals surface area contributed by atoms with Crippen molar-refractivity contribution in [3.8, 4) is 11.8 Å².